The molecule has 1 aromatic carbocycles. The van der Waals surface area contributed by atoms with Gasteiger partial charge in [-0.3, -0.25) is 19.2 Å². The van der Waals surface area contributed by atoms with E-state index < -0.39 is 58.7 Å². The monoisotopic (exact) mass is 714 g/mol. The summed E-state index contributed by atoms with van der Waals surface area (Å²) in [6.07, 6.45) is 4.08. The zero-order chi connectivity index (χ0) is 36.4. The third-order valence-electron chi connectivity index (χ3n) is 9.75. The zero-order valence-electron chi connectivity index (χ0n) is 29.9. The van der Waals surface area contributed by atoms with E-state index in [2.05, 4.69) is 26.4 Å². The maximum Gasteiger partial charge on any atom is 0.315 e. The Morgan fingerprint density at radius 3 is 2.42 bits per heavy atom. The average Bonchev–Trinajstić information content (AvgIpc) is 3.62. The summed E-state index contributed by atoms with van der Waals surface area (Å²) in [6, 6.07) is 3.40. The Hall–Kier alpha value is -3.71. The molecule has 1 aromatic rings. The maximum absolute atomic E-state index is 14.6. The van der Waals surface area contributed by atoms with E-state index in [9.17, 15) is 24.0 Å². The lowest BCUT2D eigenvalue weighted by Gasteiger charge is -2.38. The number of oxime groups is 1. The van der Waals surface area contributed by atoms with Crippen molar-refractivity contribution >= 4 is 46.8 Å². The molecule has 1 saturated carbocycles. The Morgan fingerprint density at radius 1 is 1.04 bits per heavy atom. The number of ketones is 1. The first kappa shape index (κ1) is 37.5. The van der Waals surface area contributed by atoms with E-state index in [1.807, 2.05) is 53.7 Å². The van der Waals surface area contributed by atoms with Gasteiger partial charge in [0, 0.05) is 42.1 Å². The van der Waals surface area contributed by atoms with Crippen LogP contribution in [0.15, 0.2) is 29.4 Å². The molecular weight excluding hydrogens is 664 g/mol. The highest BCUT2D eigenvalue weighted by molar-refractivity contribution is 6.38. The molecule has 1 spiro atoms. The van der Waals surface area contributed by atoms with E-state index in [1.54, 1.807) is 12.1 Å². The van der Waals surface area contributed by atoms with Crippen LogP contribution in [0.4, 0.5) is 4.79 Å². The number of benzene rings is 1. The van der Waals surface area contributed by atoms with Crippen molar-refractivity contribution in [3.8, 4) is 0 Å². The van der Waals surface area contributed by atoms with Crippen LogP contribution in [0.5, 0.6) is 0 Å². The van der Waals surface area contributed by atoms with Gasteiger partial charge in [0.25, 0.3) is 5.91 Å². The first-order valence-electron chi connectivity index (χ1n) is 17.7. The third kappa shape index (κ3) is 9.14. The largest absolute Gasteiger partial charge is 0.387 e. The van der Waals surface area contributed by atoms with Crippen molar-refractivity contribution in [3.63, 3.8) is 0 Å². The lowest BCUT2D eigenvalue weighted by atomic mass is 9.85. The number of Topliss-reactive ketones (excluding diaryl/α,β-unsaturated/α-hetero) is 1. The molecule has 0 radical (unpaired) electrons. The molecule has 0 bridgehead atoms. The number of hydrogen-bond donors (Lipinski definition) is 4. The summed E-state index contributed by atoms with van der Waals surface area (Å²) < 4.78 is 5.79. The fourth-order valence-electron chi connectivity index (χ4n) is 6.95. The van der Waals surface area contributed by atoms with Gasteiger partial charge in [-0.15, -0.1) is 0 Å². The van der Waals surface area contributed by atoms with Crippen molar-refractivity contribution in [2.75, 3.05) is 13.2 Å². The standard InChI is InChI=1S/C36H51ClN6O7/c1-7-9-25(28(44)31(46)38-23-12-13-23)40-30(45)27-19-36(18-26(42-50-36)21-10-8-11-22(37)16-21)20-43(27)32(47)29(34(2,3)4)41-33(48)39-24-14-15-49-35(5,6)17-24/h8,10-11,16,23-25,27,29H,7,9,12-15,17-20H2,1-6H3,(H,38,46)(H,40,45)(H2,39,41,48)/t24?,25-,27-,29+,36+/m0/s1. The number of nitrogens with zero attached hydrogens (tertiary/aromatic N) is 2. The van der Waals surface area contributed by atoms with Crippen molar-refractivity contribution in [2.24, 2.45) is 10.6 Å². The second-order valence-corrected chi connectivity index (χ2v) is 16.3. The molecule has 274 valence electrons. The van der Waals surface area contributed by atoms with Crippen LogP contribution in [0.3, 0.4) is 0 Å². The normalized spacial score (nSPS) is 25.6. The summed E-state index contributed by atoms with van der Waals surface area (Å²) in [6.45, 7) is 11.8. The van der Waals surface area contributed by atoms with Crippen LogP contribution in [0.2, 0.25) is 5.02 Å². The van der Waals surface area contributed by atoms with E-state index in [0.29, 0.717) is 43.0 Å². The molecule has 3 fully saturated rings. The lowest BCUT2D eigenvalue weighted by Crippen LogP contribution is -2.61. The molecule has 14 heteroatoms. The molecule has 50 heavy (non-hydrogen) atoms. The average molecular weight is 715 g/mol. The molecule has 0 aromatic heterocycles. The zero-order valence-corrected chi connectivity index (χ0v) is 30.7. The van der Waals surface area contributed by atoms with Crippen LogP contribution in [0, 0.1) is 5.41 Å². The number of hydrogen-bond acceptors (Lipinski definition) is 8. The molecule has 4 aliphatic rings. The van der Waals surface area contributed by atoms with Crippen molar-refractivity contribution < 1.29 is 33.5 Å². The van der Waals surface area contributed by atoms with Crippen molar-refractivity contribution in [1.82, 2.24) is 26.2 Å². The van der Waals surface area contributed by atoms with Crippen LogP contribution in [-0.2, 0) is 28.8 Å². The predicted molar refractivity (Wildman–Crippen MR) is 188 cm³/mol. The number of carbonyl (C=O) groups excluding carboxylic acids is 5. The number of rotatable bonds is 11. The number of likely N-dealkylation sites (tertiary alicyclic amines) is 1. The second-order valence-electron chi connectivity index (χ2n) is 15.9. The quantitative estimate of drug-likeness (QED) is 0.254. The predicted octanol–water partition coefficient (Wildman–Crippen LogP) is 3.61. The summed E-state index contributed by atoms with van der Waals surface area (Å²) >= 11 is 6.25. The maximum atomic E-state index is 14.6. The van der Waals surface area contributed by atoms with Crippen molar-refractivity contribution in [1.29, 1.82) is 0 Å². The van der Waals surface area contributed by atoms with Crippen LogP contribution in [-0.4, -0.2) is 94.7 Å². The van der Waals surface area contributed by atoms with Crippen molar-refractivity contribution in [2.45, 2.75) is 134 Å². The number of amides is 5. The van der Waals surface area contributed by atoms with E-state index in [0.717, 1.165) is 18.4 Å². The van der Waals surface area contributed by atoms with Gasteiger partial charge in [-0.05, 0) is 63.5 Å². The van der Waals surface area contributed by atoms with E-state index in [-0.39, 0.29) is 37.1 Å². The molecule has 13 nitrogen and oxygen atoms in total. The molecule has 2 saturated heterocycles. The summed E-state index contributed by atoms with van der Waals surface area (Å²) in [7, 11) is 0. The molecule has 5 amide bonds. The number of nitrogens with one attached hydrogen (secondary N) is 4. The summed E-state index contributed by atoms with van der Waals surface area (Å²) in [5, 5.41) is 16.3. The van der Waals surface area contributed by atoms with Gasteiger partial charge in [-0.1, -0.05) is 63.0 Å². The Kier molecular flexibility index (Phi) is 11.2. The topological polar surface area (TPSA) is 168 Å². The van der Waals surface area contributed by atoms with Gasteiger partial charge in [0.05, 0.1) is 23.9 Å². The Labute approximate surface area is 299 Å². The Bertz CT molecular complexity index is 1520. The number of ether oxygens (including phenoxy) is 1. The van der Waals surface area contributed by atoms with Gasteiger partial charge in [0.15, 0.2) is 5.60 Å². The molecule has 1 unspecified atom stereocenters. The Morgan fingerprint density at radius 2 is 1.78 bits per heavy atom. The molecular formula is C36H51ClN6O7. The third-order valence-corrected chi connectivity index (χ3v) is 9.99. The summed E-state index contributed by atoms with van der Waals surface area (Å²) in [5.74, 6) is -2.50. The number of urea groups is 1. The molecule has 4 N–H and O–H groups in total. The first-order chi connectivity index (χ1) is 23.5. The van der Waals surface area contributed by atoms with E-state index in [4.69, 9.17) is 21.2 Å². The van der Waals surface area contributed by atoms with Gasteiger partial charge in [0.1, 0.15) is 12.1 Å². The van der Waals surface area contributed by atoms with Crippen molar-refractivity contribution in [3.05, 3.63) is 34.9 Å². The number of carbonyl (C=O) groups is 5. The number of halogens is 1. The molecule has 3 heterocycles. The van der Waals surface area contributed by atoms with E-state index >= 15 is 0 Å². The summed E-state index contributed by atoms with van der Waals surface area (Å²) in [4.78, 5) is 75.5. The lowest BCUT2D eigenvalue weighted by molar-refractivity contribution is -0.144. The van der Waals surface area contributed by atoms with Gasteiger partial charge in [-0.25, -0.2) is 4.79 Å². The molecule has 1 aliphatic carbocycles. The van der Waals surface area contributed by atoms with Crippen LogP contribution < -0.4 is 21.3 Å². The van der Waals surface area contributed by atoms with Gasteiger partial charge in [-0.2, -0.15) is 0 Å². The highest BCUT2D eigenvalue weighted by atomic mass is 35.5. The molecule has 5 rings (SSSR count). The van der Waals surface area contributed by atoms with Gasteiger partial charge >= 0.3 is 6.03 Å². The minimum absolute atomic E-state index is 0.01000. The van der Waals surface area contributed by atoms with Gasteiger partial charge < -0.3 is 35.7 Å². The Balaban J connectivity index is 1.38. The van der Waals surface area contributed by atoms with E-state index in [1.165, 1.54) is 4.90 Å². The second kappa shape index (κ2) is 14.9. The highest BCUT2D eigenvalue weighted by Crippen LogP contribution is 2.40. The van der Waals surface area contributed by atoms with Gasteiger partial charge in [0.2, 0.25) is 17.6 Å². The fourth-order valence-corrected chi connectivity index (χ4v) is 7.14. The minimum Gasteiger partial charge on any atom is -0.387 e. The van der Waals surface area contributed by atoms with Crippen LogP contribution in [0.1, 0.15) is 98.5 Å². The molecule has 5 atom stereocenters. The highest BCUT2D eigenvalue weighted by Gasteiger charge is 2.56. The smallest absolute Gasteiger partial charge is 0.315 e. The SMILES string of the molecule is CCC[C@H](NC(=O)[C@@H]1C[C@]2(CC(c3cccc(Cl)c3)=NO2)CN1C(=O)[C@@H](NC(=O)NC1CCOC(C)(C)C1)C(C)(C)C)C(=O)C(=O)NC1CC1. The van der Waals surface area contributed by atoms with Crippen LogP contribution >= 0.6 is 11.6 Å². The minimum atomic E-state index is -1.07. The fraction of sp³-hybridized carbons (Fsp3) is 0.667. The summed E-state index contributed by atoms with van der Waals surface area (Å²) in [5.41, 5.74) is -0.788. The first-order valence-corrected chi connectivity index (χ1v) is 18.0. The molecule has 3 aliphatic heterocycles. The van der Waals surface area contributed by atoms with Crippen LogP contribution in [0.25, 0.3) is 0 Å².